The first-order valence-electron chi connectivity index (χ1n) is 8.70. The zero-order valence-electron chi connectivity index (χ0n) is 14.8. The summed E-state index contributed by atoms with van der Waals surface area (Å²) in [5.41, 5.74) is 1.75. The van der Waals surface area contributed by atoms with Crippen LogP contribution < -0.4 is 0 Å². The molecule has 1 saturated heterocycles. The Hall–Kier alpha value is -2.19. The molecule has 136 valence electrons. The molecule has 0 radical (unpaired) electrons. The lowest BCUT2D eigenvalue weighted by Gasteiger charge is -2.38. The van der Waals surface area contributed by atoms with Gasteiger partial charge in [-0.2, -0.15) is 0 Å². The molecule has 1 unspecified atom stereocenters. The van der Waals surface area contributed by atoms with Crippen LogP contribution in [0.2, 0.25) is 0 Å². The second-order valence-corrected chi connectivity index (χ2v) is 6.28. The molecule has 8 nitrogen and oxygen atoms in total. The van der Waals surface area contributed by atoms with Crippen molar-refractivity contribution in [2.45, 2.75) is 33.0 Å². The minimum Gasteiger partial charge on any atom is -0.465 e. The lowest BCUT2D eigenvalue weighted by Crippen LogP contribution is -2.53. The third kappa shape index (κ3) is 3.91. The summed E-state index contributed by atoms with van der Waals surface area (Å²) in [6.45, 7) is 8.55. The summed E-state index contributed by atoms with van der Waals surface area (Å²) in [5, 5.41) is 9.21. The van der Waals surface area contributed by atoms with E-state index >= 15 is 0 Å². The maximum Gasteiger partial charge on any atom is 0.407 e. The van der Waals surface area contributed by atoms with Crippen LogP contribution in [0.25, 0.3) is 11.2 Å². The molecule has 0 bridgehead atoms. The molecule has 1 amide bonds. The maximum atomic E-state index is 11.2. The number of ether oxygens (including phenoxy) is 1. The first-order valence-corrected chi connectivity index (χ1v) is 8.70. The quantitative estimate of drug-likeness (QED) is 0.800. The van der Waals surface area contributed by atoms with E-state index in [-0.39, 0.29) is 6.04 Å². The van der Waals surface area contributed by atoms with Gasteiger partial charge in [-0.05, 0) is 26.0 Å². The van der Waals surface area contributed by atoms with Gasteiger partial charge in [0.1, 0.15) is 11.3 Å². The van der Waals surface area contributed by atoms with Gasteiger partial charge in [-0.1, -0.05) is 0 Å². The average molecular weight is 347 g/mol. The number of fused-ring (bicyclic) bond motifs is 1. The van der Waals surface area contributed by atoms with Crippen molar-refractivity contribution in [3.05, 3.63) is 24.2 Å². The van der Waals surface area contributed by atoms with Crippen molar-refractivity contribution in [3.63, 3.8) is 0 Å². The second kappa shape index (κ2) is 7.79. The van der Waals surface area contributed by atoms with Crippen LogP contribution in [0.15, 0.2) is 18.3 Å². The van der Waals surface area contributed by atoms with Crippen LogP contribution in [0.3, 0.4) is 0 Å². The third-order valence-electron chi connectivity index (χ3n) is 4.57. The zero-order chi connectivity index (χ0) is 17.8. The number of pyridine rings is 1. The monoisotopic (exact) mass is 347 g/mol. The van der Waals surface area contributed by atoms with Crippen molar-refractivity contribution in [2.24, 2.45) is 0 Å². The molecule has 1 fully saturated rings. The van der Waals surface area contributed by atoms with Crippen molar-refractivity contribution in [3.8, 4) is 0 Å². The van der Waals surface area contributed by atoms with Gasteiger partial charge in [-0.15, -0.1) is 0 Å². The fraction of sp³-hybridized carbons (Fsp3) is 0.588. The Morgan fingerprint density at radius 1 is 1.44 bits per heavy atom. The predicted octanol–water partition coefficient (Wildman–Crippen LogP) is 1.65. The molecule has 2 aromatic heterocycles. The number of piperazine rings is 1. The third-order valence-corrected chi connectivity index (χ3v) is 4.57. The molecule has 3 heterocycles. The van der Waals surface area contributed by atoms with E-state index in [1.54, 1.807) is 6.20 Å². The molecule has 0 aromatic carbocycles. The first kappa shape index (κ1) is 17.6. The SMILES string of the molecule is CCOCCn1c(CN2CCN(C(=O)O)C(C)C2)nc2cccnc21. The fourth-order valence-electron chi connectivity index (χ4n) is 3.32. The molecule has 2 aromatic rings. The van der Waals surface area contributed by atoms with Crippen LogP contribution in [0.4, 0.5) is 4.79 Å². The maximum absolute atomic E-state index is 11.2. The summed E-state index contributed by atoms with van der Waals surface area (Å²) in [5.74, 6) is 0.948. The van der Waals surface area contributed by atoms with Crippen LogP contribution in [0.5, 0.6) is 0 Å². The molecule has 1 N–H and O–H groups in total. The van der Waals surface area contributed by atoms with Gasteiger partial charge >= 0.3 is 6.09 Å². The molecule has 0 spiro atoms. The molecule has 8 heteroatoms. The zero-order valence-corrected chi connectivity index (χ0v) is 14.8. The lowest BCUT2D eigenvalue weighted by atomic mass is 10.2. The Morgan fingerprint density at radius 3 is 3.00 bits per heavy atom. The summed E-state index contributed by atoms with van der Waals surface area (Å²) in [6, 6.07) is 3.83. The number of aromatic nitrogens is 3. The highest BCUT2D eigenvalue weighted by atomic mass is 16.5. The van der Waals surface area contributed by atoms with Crippen LogP contribution in [0.1, 0.15) is 19.7 Å². The number of hydrogen-bond acceptors (Lipinski definition) is 5. The van der Waals surface area contributed by atoms with Gasteiger partial charge in [-0.3, -0.25) is 4.90 Å². The number of hydrogen-bond donors (Lipinski definition) is 1. The van der Waals surface area contributed by atoms with Gasteiger partial charge in [0, 0.05) is 45.0 Å². The van der Waals surface area contributed by atoms with Gasteiger partial charge in [-0.25, -0.2) is 14.8 Å². The van der Waals surface area contributed by atoms with Crippen LogP contribution >= 0.6 is 0 Å². The standard InChI is InChI=1S/C17H25N5O3/c1-3-25-10-9-22-15(19-14-5-4-6-18-16(14)22)12-20-7-8-21(17(23)24)13(2)11-20/h4-6,13H,3,7-12H2,1-2H3,(H,23,24). The average Bonchev–Trinajstić information content (AvgIpc) is 2.92. The van der Waals surface area contributed by atoms with E-state index in [4.69, 9.17) is 9.72 Å². The van der Waals surface area contributed by atoms with Crippen molar-refractivity contribution in [2.75, 3.05) is 32.8 Å². The van der Waals surface area contributed by atoms with E-state index in [1.165, 1.54) is 4.90 Å². The van der Waals surface area contributed by atoms with Crippen LogP contribution in [-0.2, 0) is 17.8 Å². The smallest absolute Gasteiger partial charge is 0.407 e. The van der Waals surface area contributed by atoms with E-state index in [0.717, 1.165) is 17.0 Å². The van der Waals surface area contributed by atoms with Gasteiger partial charge < -0.3 is 19.3 Å². The van der Waals surface area contributed by atoms with Gasteiger partial charge in [0.25, 0.3) is 0 Å². The Balaban J connectivity index is 1.76. The number of nitrogens with zero attached hydrogens (tertiary/aromatic N) is 5. The summed E-state index contributed by atoms with van der Waals surface area (Å²) in [6.07, 6.45) is 0.930. The molecule has 0 saturated carbocycles. The lowest BCUT2D eigenvalue weighted by molar-refractivity contribution is 0.0692. The van der Waals surface area contributed by atoms with Gasteiger partial charge in [0.2, 0.25) is 0 Å². The largest absolute Gasteiger partial charge is 0.465 e. The van der Waals surface area contributed by atoms with Gasteiger partial charge in [0.15, 0.2) is 5.65 Å². The first-order chi connectivity index (χ1) is 12.1. The molecular weight excluding hydrogens is 322 g/mol. The summed E-state index contributed by atoms with van der Waals surface area (Å²) >= 11 is 0. The Labute approximate surface area is 147 Å². The molecule has 3 rings (SSSR count). The number of carbonyl (C=O) groups is 1. The van der Waals surface area contributed by atoms with E-state index in [2.05, 4.69) is 14.5 Å². The van der Waals surface area contributed by atoms with Crippen LogP contribution in [0, 0.1) is 0 Å². The summed E-state index contributed by atoms with van der Waals surface area (Å²) in [4.78, 5) is 24.2. The van der Waals surface area contributed by atoms with Crippen molar-refractivity contribution in [1.29, 1.82) is 0 Å². The van der Waals surface area contributed by atoms with E-state index in [0.29, 0.717) is 45.9 Å². The van der Waals surface area contributed by atoms with Crippen LogP contribution in [-0.4, -0.2) is 74.4 Å². The van der Waals surface area contributed by atoms with E-state index in [1.807, 2.05) is 26.0 Å². The number of carboxylic acid groups (broad SMARTS) is 1. The second-order valence-electron chi connectivity index (χ2n) is 6.28. The van der Waals surface area contributed by atoms with E-state index < -0.39 is 6.09 Å². The Bertz CT molecular complexity index is 732. The summed E-state index contributed by atoms with van der Waals surface area (Å²) in [7, 11) is 0. The minimum atomic E-state index is -0.847. The molecule has 25 heavy (non-hydrogen) atoms. The number of amides is 1. The Morgan fingerprint density at radius 2 is 2.28 bits per heavy atom. The summed E-state index contributed by atoms with van der Waals surface area (Å²) < 4.78 is 7.61. The molecule has 1 aliphatic heterocycles. The predicted molar refractivity (Wildman–Crippen MR) is 93.5 cm³/mol. The van der Waals surface area contributed by atoms with Crippen molar-refractivity contribution in [1.82, 2.24) is 24.3 Å². The molecular formula is C17H25N5O3. The normalized spacial score (nSPS) is 18.8. The number of imidazole rings is 1. The highest BCUT2D eigenvalue weighted by Crippen LogP contribution is 2.17. The van der Waals surface area contributed by atoms with Gasteiger partial charge in [0.05, 0.1) is 13.2 Å². The minimum absolute atomic E-state index is 0.0226. The molecule has 1 aliphatic rings. The highest BCUT2D eigenvalue weighted by Gasteiger charge is 2.28. The molecule has 0 aliphatic carbocycles. The number of rotatable bonds is 6. The highest BCUT2D eigenvalue weighted by molar-refractivity contribution is 5.71. The molecule has 1 atom stereocenters. The van der Waals surface area contributed by atoms with Crippen molar-refractivity contribution < 1.29 is 14.6 Å². The fourth-order valence-corrected chi connectivity index (χ4v) is 3.32. The van der Waals surface area contributed by atoms with E-state index in [9.17, 15) is 9.90 Å². The van der Waals surface area contributed by atoms with Crippen molar-refractivity contribution >= 4 is 17.3 Å². The Kier molecular flexibility index (Phi) is 5.50. The topological polar surface area (TPSA) is 83.7 Å².